The number of likely N-dealkylation sites (tertiary alicyclic amines) is 1. The fourth-order valence-corrected chi connectivity index (χ4v) is 5.55. The molecule has 1 N–H and O–H groups in total. The predicted molar refractivity (Wildman–Crippen MR) is 122 cm³/mol. The predicted octanol–water partition coefficient (Wildman–Crippen LogP) is 2.64. The highest BCUT2D eigenvalue weighted by molar-refractivity contribution is 5.92. The smallest absolute Gasteiger partial charge is 0.274 e. The molecular weight excluding hydrogens is 406 g/mol. The fourth-order valence-electron chi connectivity index (χ4n) is 5.55. The molecule has 3 aliphatic heterocycles. The first-order chi connectivity index (χ1) is 15.6. The molecule has 3 aliphatic rings. The van der Waals surface area contributed by atoms with E-state index in [2.05, 4.69) is 10.2 Å². The van der Waals surface area contributed by atoms with E-state index in [1.165, 1.54) is 0 Å². The Bertz CT molecular complexity index is 1030. The first-order valence-electron chi connectivity index (χ1n) is 11.6. The van der Waals surface area contributed by atoms with Crippen LogP contribution in [0.1, 0.15) is 36.4 Å². The summed E-state index contributed by atoms with van der Waals surface area (Å²) in [5.74, 6) is 1.42. The van der Waals surface area contributed by atoms with Gasteiger partial charge in [-0.25, -0.2) is 0 Å². The number of hydrogen-bond acceptors (Lipinski definition) is 5. The van der Waals surface area contributed by atoms with E-state index in [-0.39, 0.29) is 17.9 Å². The minimum atomic E-state index is -0.186. The van der Waals surface area contributed by atoms with E-state index in [0.717, 1.165) is 69.1 Å². The molecule has 7 nitrogen and oxygen atoms in total. The van der Waals surface area contributed by atoms with E-state index in [4.69, 9.17) is 9.47 Å². The summed E-state index contributed by atoms with van der Waals surface area (Å²) in [5.41, 5.74) is 2.27. The number of amides is 1. The third kappa shape index (κ3) is 4.32. The summed E-state index contributed by atoms with van der Waals surface area (Å²) in [6, 6.07) is 11.8. The van der Waals surface area contributed by atoms with E-state index in [9.17, 15) is 9.59 Å². The van der Waals surface area contributed by atoms with Crippen molar-refractivity contribution in [1.82, 2.24) is 9.47 Å². The zero-order valence-electron chi connectivity index (χ0n) is 18.6. The highest BCUT2D eigenvalue weighted by Gasteiger charge is 2.37. The normalized spacial score (nSPS) is 23.4. The lowest BCUT2D eigenvalue weighted by Crippen LogP contribution is -2.51. The maximum atomic E-state index is 13.2. The van der Waals surface area contributed by atoms with Crippen molar-refractivity contribution in [2.45, 2.75) is 44.2 Å². The van der Waals surface area contributed by atoms with Crippen LogP contribution in [0.25, 0.3) is 0 Å². The van der Waals surface area contributed by atoms with E-state index in [0.29, 0.717) is 23.6 Å². The number of hydrogen-bond donors (Lipinski definition) is 1. The number of rotatable bonds is 5. The average molecular weight is 438 g/mol. The lowest BCUT2D eigenvalue weighted by molar-refractivity contribution is -0.115. The Balaban J connectivity index is 1.29. The Morgan fingerprint density at radius 2 is 1.88 bits per heavy atom. The van der Waals surface area contributed by atoms with Gasteiger partial charge < -0.3 is 19.4 Å². The van der Waals surface area contributed by atoms with Crippen molar-refractivity contribution in [2.75, 3.05) is 38.7 Å². The standard InChI is InChI=1S/C25H31N3O4/c1-31-21-4-2-17(3-5-21)13-24(29)26-22-6-7-23-19-12-18(15-28(23)25(22)30)14-27(16-19)20-8-10-32-11-9-20/h2-7,18-20H,8-16H2,1H3,(H,26,29)/t18-,19+/m0/s1. The summed E-state index contributed by atoms with van der Waals surface area (Å²) < 4.78 is 12.6. The number of nitrogens with one attached hydrogen (secondary N) is 1. The van der Waals surface area contributed by atoms with Crippen LogP contribution in [0.5, 0.6) is 5.75 Å². The second-order valence-electron chi connectivity index (χ2n) is 9.26. The molecule has 1 amide bonds. The summed E-state index contributed by atoms with van der Waals surface area (Å²) in [6.45, 7) is 4.48. The van der Waals surface area contributed by atoms with Crippen LogP contribution < -0.4 is 15.6 Å². The van der Waals surface area contributed by atoms with Gasteiger partial charge in [0.1, 0.15) is 11.4 Å². The van der Waals surface area contributed by atoms with Crippen molar-refractivity contribution >= 4 is 11.6 Å². The van der Waals surface area contributed by atoms with Gasteiger partial charge in [-0.05, 0) is 55.0 Å². The van der Waals surface area contributed by atoms with Gasteiger partial charge in [-0.15, -0.1) is 0 Å². The largest absolute Gasteiger partial charge is 0.497 e. The topological polar surface area (TPSA) is 72.8 Å². The maximum absolute atomic E-state index is 13.2. The molecule has 1 aromatic carbocycles. The summed E-state index contributed by atoms with van der Waals surface area (Å²) in [7, 11) is 1.61. The van der Waals surface area contributed by atoms with Crippen LogP contribution in [0.2, 0.25) is 0 Å². The molecule has 0 radical (unpaired) electrons. The summed E-state index contributed by atoms with van der Waals surface area (Å²) in [4.78, 5) is 28.4. The average Bonchev–Trinajstić information content (AvgIpc) is 2.82. The number of carbonyl (C=O) groups is 1. The van der Waals surface area contributed by atoms with Gasteiger partial charge in [0.2, 0.25) is 5.91 Å². The zero-order chi connectivity index (χ0) is 22.1. The zero-order valence-corrected chi connectivity index (χ0v) is 18.6. The van der Waals surface area contributed by atoms with Crippen LogP contribution in [0.3, 0.4) is 0 Å². The van der Waals surface area contributed by atoms with Crippen molar-refractivity contribution in [2.24, 2.45) is 5.92 Å². The minimum Gasteiger partial charge on any atom is -0.497 e. The molecule has 2 bridgehead atoms. The molecule has 0 aliphatic carbocycles. The molecule has 170 valence electrons. The second kappa shape index (κ2) is 9.08. The first-order valence-corrected chi connectivity index (χ1v) is 11.6. The monoisotopic (exact) mass is 437 g/mol. The summed E-state index contributed by atoms with van der Waals surface area (Å²) in [5, 5.41) is 2.84. The van der Waals surface area contributed by atoms with Gasteiger partial charge >= 0.3 is 0 Å². The quantitative estimate of drug-likeness (QED) is 0.779. The molecule has 0 spiro atoms. The van der Waals surface area contributed by atoms with Crippen LogP contribution in [-0.4, -0.2) is 54.8 Å². The van der Waals surface area contributed by atoms with Crippen LogP contribution in [0, 0.1) is 5.92 Å². The Hall–Kier alpha value is -2.64. The molecule has 0 saturated carbocycles. The Kier molecular flexibility index (Phi) is 6.02. The molecular formula is C25H31N3O4. The molecule has 2 aromatic rings. The number of carbonyl (C=O) groups excluding carboxylic acids is 1. The first kappa shape index (κ1) is 21.2. The van der Waals surface area contributed by atoms with Crippen molar-refractivity contribution in [3.8, 4) is 5.75 Å². The molecule has 2 saturated heterocycles. The Morgan fingerprint density at radius 3 is 2.62 bits per heavy atom. The van der Waals surface area contributed by atoms with Gasteiger partial charge in [-0.3, -0.25) is 14.5 Å². The number of ether oxygens (including phenoxy) is 2. The van der Waals surface area contributed by atoms with E-state index in [1.807, 2.05) is 34.9 Å². The maximum Gasteiger partial charge on any atom is 0.274 e. The molecule has 32 heavy (non-hydrogen) atoms. The van der Waals surface area contributed by atoms with E-state index in [1.54, 1.807) is 13.2 Å². The van der Waals surface area contributed by atoms with Crippen LogP contribution in [0.15, 0.2) is 41.2 Å². The van der Waals surface area contributed by atoms with Crippen molar-refractivity contribution in [1.29, 1.82) is 0 Å². The molecule has 0 unspecified atom stereocenters. The SMILES string of the molecule is COc1ccc(CC(=O)Nc2ccc3n(c2=O)C[C@H]2C[C@@H]3CN(C3CCOCC3)C2)cc1. The van der Waals surface area contributed by atoms with Gasteiger partial charge in [0.05, 0.1) is 13.5 Å². The van der Waals surface area contributed by atoms with Gasteiger partial charge in [0, 0.05) is 50.5 Å². The fraction of sp³-hybridized carbons (Fsp3) is 0.520. The number of aromatic nitrogens is 1. The number of fused-ring (bicyclic) bond motifs is 4. The number of methoxy groups -OCH3 is 1. The van der Waals surface area contributed by atoms with E-state index < -0.39 is 0 Å². The molecule has 1 aromatic heterocycles. The van der Waals surface area contributed by atoms with Gasteiger partial charge in [0.25, 0.3) is 5.56 Å². The highest BCUT2D eigenvalue weighted by Crippen LogP contribution is 2.37. The number of anilines is 1. The minimum absolute atomic E-state index is 0.0835. The number of benzene rings is 1. The molecule has 7 heteroatoms. The summed E-state index contributed by atoms with van der Waals surface area (Å²) in [6.07, 6.45) is 3.57. The van der Waals surface area contributed by atoms with Crippen LogP contribution in [-0.2, 0) is 22.5 Å². The van der Waals surface area contributed by atoms with Crippen molar-refractivity contribution in [3.05, 3.63) is 58.0 Å². The number of nitrogens with zero attached hydrogens (tertiary/aromatic N) is 2. The number of pyridine rings is 1. The van der Waals surface area contributed by atoms with Crippen LogP contribution in [0.4, 0.5) is 5.69 Å². The Labute approximate surface area is 188 Å². The van der Waals surface area contributed by atoms with Gasteiger partial charge in [0.15, 0.2) is 0 Å². The van der Waals surface area contributed by atoms with E-state index >= 15 is 0 Å². The van der Waals surface area contributed by atoms with Crippen molar-refractivity contribution in [3.63, 3.8) is 0 Å². The highest BCUT2D eigenvalue weighted by atomic mass is 16.5. The number of piperidine rings is 1. The molecule has 5 rings (SSSR count). The van der Waals surface area contributed by atoms with Gasteiger partial charge in [-0.2, -0.15) is 0 Å². The molecule has 2 fully saturated rings. The van der Waals surface area contributed by atoms with Gasteiger partial charge in [-0.1, -0.05) is 12.1 Å². The molecule has 4 heterocycles. The van der Waals surface area contributed by atoms with Crippen molar-refractivity contribution < 1.29 is 14.3 Å². The third-order valence-corrected chi connectivity index (χ3v) is 7.14. The summed E-state index contributed by atoms with van der Waals surface area (Å²) >= 11 is 0. The lowest BCUT2D eigenvalue weighted by Gasteiger charge is -2.46. The van der Waals surface area contributed by atoms with Crippen LogP contribution >= 0.6 is 0 Å². The third-order valence-electron chi connectivity index (χ3n) is 7.14. The molecule has 2 atom stereocenters. The second-order valence-corrected chi connectivity index (χ2v) is 9.26. The lowest BCUT2D eigenvalue weighted by atomic mass is 9.82. The Morgan fingerprint density at radius 1 is 1.09 bits per heavy atom.